The van der Waals surface area contributed by atoms with Crippen LogP contribution < -0.4 is 5.32 Å². The van der Waals surface area contributed by atoms with Gasteiger partial charge >= 0.3 is 0 Å². The van der Waals surface area contributed by atoms with Gasteiger partial charge in [0, 0.05) is 21.2 Å². The van der Waals surface area contributed by atoms with Crippen molar-refractivity contribution in [1.82, 2.24) is 4.98 Å². The molecule has 0 fully saturated rings. The molecule has 1 aromatic heterocycles. The van der Waals surface area contributed by atoms with Crippen molar-refractivity contribution in [2.75, 3.05) is 5.32 Å². The van der Waals surface area contributed by atoms with Crippen LogP contribution in [0.1, 0.15) is 10.4 Å². The van der Waals surface area contributed by atoms with Crippen LogP contribution in [0.2, 0.25) is 4.47 Å². The first-order valence-corrected chi connectivity index (χ1v) is 6.74. The number of hydrogen-bond donors (Lipinski definition) is 1. The molecule has 1 aromatic carbocycles. The van der Waals surface area contributed by atoms with Gasteiger partial charge in [0.05, 0.1) is 6.54 Å². The average molecular weight is 318 g/mol. The predicted octanol–water partition coefficient (Wildman–Crippen LogP) is 4.48. The molecule has 0 aliphatic rings. The highest BCUT2D eigenvalue weighted by Crippen LogP contribution is 2.22. The third kappa shape index (κ3) is 2.97. The Morgan fingerprint density at radius 3 is 2.94 bits per heavy atom. The second kappa shape index (κ2) is 5.17. The normalized spacial score (nSPS) is 10.4. The van der Waals surface area contributed by atoms with Crippen molar-refractivity contribution in [1.29, 1.82) is 0 Å². The summed E-state index contributed by atoms with van der Waals surface area (Å²) >= 11 is 10.8. The van der Waals surface area contributed by atoms with Crippen LogP contribution in [-0.4, -0.2) is 4.98 Å². The fourth-order valence-electron chi connectivity index (χ4n) is 1.26. The molecule has 2 rings (SSSR count). The smallest absolute Gasteiger partial charge is 0.183 e. The molecule has 0 aliphatic heterocycles. The summed E-state index contributed by atoms with van der Waals surface area (Å²) < 4.78 is 1.70. The maximum absolute atomic E-state index is 5.76. The summed E-state index contributed by atoms with van der Waals surface area (Å²) in [7, 11) is 0. The Labute approximate surface area is 112 Å². The van der Waals surface area contributed by atoms with E-state index in [0.29, 0.717) is 4.47 Å². The van der Waals surface area contributed by atoms with Gasteiger partial charge in [0.1, 0.15) is 0 Å². The third-order valence-electron chi connectivity index (χ3n) is 2.16. The van der Waals surface area contributed by atoms with Crippen LogP contribution in [0.4, 0.5) is 5.69 Å². The Kier molecular flexibility index (Phi) is 3.84. The molecule has 2 aromatic rings. The molecule has 0 radical (unpaired) electrons. The lowest BCUT2D eigenvalue weighted by atomic mass is 10.2. The zero-order valence-electron chi connectivity index (χ0n) is 8.63. The van der Waals surface area contributed by atoms with Crippen LogP contribution in [0.15, 0.2) is 28.9 Å². The number of hydrogen-bond acceptors (Lipinski definition) is 3. The van der Waals surface area contributed by atoms with E-state index in [4.69, 9.17) is 11.6 Å². The molecule has 1 heterocycles. The molecule has 0 aliphatic carbocycles. The molecule has 0 atom stereocenters. The number of thiazole rings is 1. The second-order valence-corrected chi connectivity index (χ2v) is 5.95. The summed E-state index contributed by atoms with van der Waals surface area (Å²) in [4.78, 5) is 5.12. The summed E-state index contributed by atoms with van der Waals surface area (Å²) in [5.74, 6) is 0. The van der Waals surface area contributed by atoms with Crippen LogP contribution in [0.5, 0.6) is 0 Å². The van der Waals surface area contributed by atoms with Crippen molar-refractivity contribution in [3.8, 4) is 0 Å². The minimum atomic E-state index is 0.585. The molecule has 84 valence electrons. The molecule has 2 nitrogen and oxygen atoms in total. The molecule has 0 saturated carbocycles. The van der Waals surface area contributed by atoms with E-state index in [-0.39, 0.29) is 0 Å². The Bertz CT molecular complexity index is 498. The lowest BCUT2D eigenvalue weighted by Crippen LogP contribution is -1.97. The number of anilines is 1. The summed E-state index contributed by atoms with van der Waals surface area (Å²) in [5.41, 5.74) is 2.31. The van der Waals surface area contributed by atoms with Gasteiger partial charge in [-0.1, -0.05) is 33.6 Å². The largest absolute Gasteiger partial charge is 0.380 e. The Hall–Kier alpha value is -0.580. The van der Waals surface area contributed by atoms with Crippen molar-refractivity contribution in [3.63, 3.8) is 0 Å². The van der Waals surface area contributed by atoms with Gasteiger partial charge in [-0.2, -0.15) is 0 Å². The fourth-order valence-corrected chi connectivity index (χ4v) is 2.55. The quantitative estimate of drug-likeness (QED) is 0.903. The van der Waals surface area contributed by atoms with Gasteiger partial charge < -0.3 is 5.32 Å². The monoisotopic (exact) mass is 316 g/mol. The predicted molar refractivity (Wildman–Crippen MR) is 73.3 cm³/mol. The lowest BCUT2D eigenvalue weighted by Gasteiger charge is -2.06. The van der Waals surface area contributed by atoms with E-state index in [0.717, 1.165) is 21.6 Å². The summed E-state index contributed by atoms with van der Waals surface area (Å²) in [6, 6.07) is 6.20. The molecule has 0 amide bonds. The molecule has 1 N–H and O–H groups in total. The van der Waals surface area contributed by atoms with Gasteiger partial charge in [0.15, 0.2) is 4.47 Å². The van der Waals surface area contributed by atoms with Crippen LogP contribution >= 0.6 is 38.9 Å². The van der Waals surface area contributed by atoms with Crippen LogP contribution in [0.3, 0.4) is 0 Å². The minimum absolute atomic E-state index is 0.585. The first kappa shape index (κ1) is 11.9. The molecule has 16 heavy (non-hydrogen) atoms. The molecule has 0 bridgehead atoms. The topological polar surface area (TPSA) is 24.9 Å². The Morgan fingerprint density at radius 2 is 2.31 bits per heavy atom. The van der Waals surface area contributed by atoms with E-state index >= 15 is 0 Å². The molecule has 0 saturated heterocycles. The zero-order valence-corrected chi connectivity index (χ0v) is 11.8. The number of aromatic nitrogens is 1. The number of rotatable bonds is 3. The SMILES string of the molecule is Cc1ccc(NCc2cnc(Cl)s2)cc1Br. The number of halogens is 2. The number of nitrogens with zero attached hydrogens (tertiary/aromatic N) is 1. The van der Waals surface area contributed by atoms with Crippen molar-refractivity contribution in [3.05, 3.63) is 43.8 Å². The van der Waals surface area contributed by atoms with Gasteiger partial charge in [-0.25, -0.2) is 4.98 Å². The summed E-state index contributed by atoms with van der Waals surface area (Å²) in [6.07, 6.45) is 1.79. The van der Waals surface area contributed by atoms with E-state index in [9.17, 15) is 0 Å². The summed E-state index contributed by atoms with van der Waals surface area (Å²) in [6.45, 7) is 2.82. The molecular weight excluding hydrogens is 308 g/mol. The number of nitrogens with one attached hydrogen (secondary N) is 1. The van der Waals surface area contributed by atoms with E-state index in [1.807, 2.05) is 0 Å². The van der Waals surface area contributed by atoms with Crippen molar-refractivity contribution >= 4 is 44.6 Å². The zero-order chi connectivity index (χ0) is 11.5. The van der Waals surface area contributed by atoms with E-state index in [1.165, 1.54) is 16.9 Å². The maximum atomic E-state index is 5.76. The van der Waals surface area contributed by atoms with Crippen molar-refractivity contribution in [2.45, 2.75) is 13.5 Å². The van der Waals surface area contributed by atoms with E-state index in [2.05, 4.69) is 51.4 Å². The summed E-state index contributed by atoms with van der Waals surface area (Å²) in [5, 5.41) is 3.32. The van der Waals surface area contributed by atoms with Gasteiger partial charge in [-0.05, 0) is 24.6 Å². The first-order valence-electron chi connectivity index (χ1n) is 4.75. The van der Waals surface area contributed by atoms with E-state index < -0.39 is 0 Å². The van der Waals surface area contributed by atoms with Crippen LogP contribution in [0.25, 0.3) is 0 Å². The number of benzene rings is 1. The average Bonchev–Trinajstić information content (AvgIpc) is 2.66. The molecule has 0 spiro atoms. The van der Waals surface area contributed by atoms with Crippen LogP contribution in [0, 0.1) is 6.92 Å². The molecule has 0 unspecified atom stereocenters. The van der Waals surface area contributed by atoms with Gasteiger partial charge in [-0.3, -0.25) is 0 Å². The highest BCUT2D eigenvalue weighted by atomic mass is 79.9. The maximum Gasteiger partial charge on any atom is 0.183 e. The number of aryl methyl sites for hydroxylation is 1. The third-order valence-corrected chi connectivity index (χ3v) is 4.13. The van der Waals surface area contributed by atoms with Crippen molar-refractivity contribution in [2.24, 2.45) is 0 Å². The Morgan fingerprint density at radius 1 is 1.50 bits per heavy atom. The molecule has 5 heteroatoms. The lowest BCUT2D eigenvalue weighted by molar-refractivity contribution is 1.17. The van der Waals surface area contributed by atoms with Gasteiger partial charge in [-0.15, -0.1) is 11.3 Å². The fraction of sp³-hybridized carbons (Fsp3) is 0.182. The van der Waals surface area contributed by atoms with Gasteiger partial charge in [0.25, 0.3) is 0 Å². The second-order valence-electron chi connectivity index (χ2n) is 3.40. The highest BCUT2D eigenvalue weighted by Gasteiger charge is 2.00. The van der Waals surface area contributed by atoms with E-state index in [1.54, 1.807) is 6.20 Å². The Balaban J connectivity index is 2.02. The first-order chi connectivity index (χ1) is 7.65. The highest BCUT2D eigenvalue weighted by molar-refractivity contribution is 9.10. The van der Waals surface area contributed by atoms with Crippen molar-refractivity contribution < 1.29 is 0 Å². The van der Waals surface area contributed by atoms with Gasteiger partial charge in [0.2, 0.25) is 0 Å². The standard InChI is InChI=1S/C11H10BrClN2S/c1-7-2-3-8(4-10(7)12)14-5-9-6-15-11(13)16-9/h2-4,6,14H,5H2,1H3. The minimum Gasteiger partial charge on any atom is -0.380 e. The molecular formula is C11H10BrClN2S. The van der Waals surface area contributed by atoms with Crippen LogP contribution in [-0.2, 0) is 6.54 Å².